The Kier molecular flexibility index (Phi) is 6.49. The largest absolute Gasteiger partial charge is 0.278 e. The van der Waals surface area contributed by atoms with Gasteiger partial charge in [-0.15, -0.1) is 0 Å². The van der Waals surface area contributed by atoms with Gasteiger partial charge in [0, 0.05) is 5.56 Å². The van der Waals surface area contributed by atoms with Gasteiger partial charge in [-0.25, -0.2) is 18.2 Å². The number of hydrogen-bond acceptors (Lipinski definition) is 4. The fourth-order valence-electron chi connectivity index (χ4n) is 2.51. The Morgan fingerprint density at radius 3 is 2.37 bits per heavy atom. The quantitative estimate of drug-likeness (QED) is 0.434. The van der Waals surface area contributed by atoms with E-state index in [0.717, 1.165) is 0 Å². The van der Waals surface area contributed by atoms with Gasteiger partial charge in [-0.3, -0.25) is 9.52 Å². The number of nitrogens with zero attached hydrogens (tertiary/aromatic N) is 1. The third kappa shape index (κ3) is 5.22. The second-order valence-electron chi connectivity index (χ2n) is 6.26. The van der Waals surface area contributed by atoms with Gasteiger partial charge < -0.3 is 0 Å². The van der Waals surface area contributed by atoms with E-state index in [0.29, 0.717) is 11.3 Å². The molecule has 0 spiro atoms. The molecule has 0 unspecified atom stereocenters. The molecule has 0 atom stereocenters. The Morgan fingerprint density at radius 1 is 0.967 bits per heavy atom. The molecule has 3 rings (SSSR count). The van der Waals surface area contributed by atoms with Crippen molar-refractivity contribution in [2.24, 2.45) is 5.10 Å². The van der Waals surface area contributed by atoms with Crippen molar-refractivity contribution in [1.82, 2.24) is 5.43 Å². The standard InChI is InChI=1S/C21H17ClFN3O3S/c1-14(15-9-11-17(23)12-10-15)24-25-21(27)16-5-4-6-18(13-16)30(28,29)26-20-8-3-2-7-19(20)22/h2-13,26H,1H3,(H,25,27). The summed E-state index contributed by atoms with van der Waals surface area (Å²) >= 11 is 6.00. The summed E-state index contributed by atoms with van der Waals surface area (Å²) in [5.74, 6) is -0.967. The van der Waals surface area contributed by atoms with Gasteiger partial charge in [-0.1, -0.05) is 41.9 Å². The minimum atomic E-state index is -3.96. The Bertz CT molecular complexity index is 1210. The molecule has 1 amide bonds. The highest BCUT2D eigenvalue weighted by Gasteiger charge is 2.17. The highest BCUT2D eigenvalue weighted by molar-refractivity contribution is 7.92. The molecule has 154 valence electrons. The lowest BCUT2D eigenvalue weighted by atomic mass is 10.1. The van der Waals surface area contributed by atoms with Crippen LogP contribution in [-0.2, 0) is 10.0 Å². The Morgan fingerprint density at radius 2 is 1.67 bits per heavy atom. The minimum Gasteiger partial charge on any atom is -0.278 e. The van der Waals surface area contributed by atoms with Gasteiger partial charge >= 0.3 is 0 Å². The molecule has 30 heavy (non-hydrogen) atoms. The van der Waals surface area contributed by atoms with Crippen molar-refractivity contribution in [2.45, 2.75) is 11.8 Å². The summed E-state index contributed by atoms with van der Waals surface area (Å²) < 4.78 is 40.7. The molecular weight excluding hydrogens is 429 g/mol. The molecule has 0 fully saturated rings. The Labute approximate surface area is 178 Å². The van der Waals surface area contributed by atoms with Crippen molar-refractivity contribution in [1.29, 1.82) is 0 Å². The van der Waals surface area contributed by atoms with E-state index in [4.69, 9.17) is 11.6 Å². The zero-order valence-electron chi connectivity index (χ0n) is 15.8. The zero-order valence-corrected chi connectivity index (χ0v) is 17.3. The molecule has 0 radical (unpaired) electrons. The number of amides is 1. The SMILES string of the molecule is CC(=NNC(=O)c1cccc(S(=O)(=O)Nc2ccccc2Cl)c1)c1ccc(F)cc1. The molecule has 0 saturated carbocycles. The summed E-state index contributed by atoms with van der Waals surface area (Å²) in [4.78, 5) is 12.3. The van der Waals surface area contributed by atoms with Crippen molar-refractivity contribution in [3.8, 4) is 0 Å². The molecule has 0 heterocycles. The van der Waals surface area contributed by atoms with E-state index < -0.39 is 15.9 Å². The fourth-order valence-corrected chi connectivity index (χ4v) is 3.87. The molecule has 0 bridgehead atoms. The van der Waals surface area contributed by atoms with E-state index in [1.807, 2.05) is 0 Å². The van der Waals surface area contributed by atoms with E-state index in [2.05, 4.69) is 15.2 Å². The van der Waals surface area contributed by atoms with Crippen LogP contribution in [0.3, 0.4) is 0 Å². The lowest BCUT2D eigenvalue weighted by Crippen LogP contribution is -2.20. The van der Waals surface area contributed by atoms with Crippen molar-refractivity contribution in [3.05, 3.63) is 94.8 Å². The number of carbonyl (C=O) groups excluding carboxylic acids is 1. The molecule has 0 aromatic heterocycles. The first-order valence-electron chi connectivity index (χ1n) is 8.74. The number of rotatable bonds is 6. The second-order valence-corrected chi connectivity index (χ2v) is 8.35. The van der Waals surface area contributed by atoms with Crippen molar-refractivity contribution in [2.75, 3.05) is 4.72 Å². The number of carbonyl (C=O) groups is 1. The van der Waals surface area contributed by atoms with E-state index in [9.17, 15) is 17.6 Å². The lowest BCUT2D eigenvalue weighted by Gasteiger charge is -2.10. The summed E-state index contributed by atoms with van der Waals surface area (Å²) in [5, 5.41) is 4.23. The number of sulfonamides is 1. The van der Waals surface area contributed by atoms with Gasteiger partial charge in [-0.2, -0.15) is 5.10 Å². The third-order valence-electron chi connectivity index (χ3n) is 4.11. The number of anilines is 1. The average Bonchev–Trinajstić information content (AvgIpc) is 2.74. The molecule has 3 aromatic rings. The summed E-state index contributed by atoms with van der Waals surface area (Å²) in [6.07, 6.45) is 0. The number of benzene rings is 3. The first kappa shape index (κ1) is 21.5. The summed E-state index contributed by atoms with van der Waals surface area (Å²) in [7, 11) is -3.96. The van der Waals surface area contributed by atoms with Gasteiger partial charge in [0.15, 0.2) is 0 Å². The molecule has 9 heteroatoms. The van der Waals surface area contributed by atoms with Crippen LogP contribution in [0.4, 0.5) is 10.1 Å². The number of nitrogens with one attached hydrogen (secondary N) is 2. The van der Waals surface area contributed by atoms with Crippen LogP contribution in [-0.4, -0.2) is 20.0 Å². The smallest absolute Gasteiger partial charge is 0.271 e. The van der Waals surface area contributed by atoms with Gasteiger partial charge in [-0.05, 0) is 55.0 Å². The maximum atomic E-state index is 13.0. The molecule has 0 aliphatic heterocycles. The first-order chi connectivity index (χ1) is 14.3. The van der Waals surface area contributed by atoms with Crippen molar-refractivity contribution < 1.29 is 17.6 Å². The zero-order chi connectivity index (χ0) is 21.7. The van der Waals surface area contributed by atoms with Crippen LogP contribution in [0.2, 0.25) is 5.02 Å². The molecule has 2 N–H and O–H groups in total. The molecular formula is C21H17ClFN3O3S. The van der Waals surface area contributed by atoms with E-state index in [1.54, 1.807) is 25.1 Å². The summed E-state index contributed by atoms with van der Waals surface area (Å²) in [5.41, 5.74) is 3.80. The topological polar surface area (TPSA) is 87.6 Å². The Hall–Kier alpha value is -3.23. The number of para-hydroxylation sites is 1. The molecule has 6 nitrogen and oxygen atoms in total. The van der Waals surface area contributed by atoms with Gasteiger partial charge in [0.25, 0.3) is 15.9 Å². The molecule has 0 aliphatic rings. The predicted octanol–water partition coefficient (Wildman–Crippen LogP) is 4.43. The summed E-state index contributed by atoms with van der Waals surface area (Å²) in [6, 6.07) is 17.6. The van der Waals surface area contributed by atoms with Crippen LogP contribution < -0.4 is 10.1 Å². The van der Waals surface area contributed by atoms with Crippen molar-refractivity contribution in [3.63, 3.8) is 0 Å². The van der Waals surface area contributed by atoms with Gasteiger partial charge in [0.05, 0.1) is 21.3 Å². The summed E-state index contributed by atoms with van der Waals surface area (Å²) in [6.45, 7) is 1.65. The predicted molar refractivity (Wildman–Crippen MR) is 115 cm³/mol. The number of hydrazone groups is 1. The van der Waals surface area contributed by atoms with E-state index in [-0.39, 0.29) is 27.0 Å². The third-order valence-corrected chi connectivity index (χ3v) is 5.80. The second kappa shape index (κ2) is 9.06. The van der Waals surface area contributed by atoms with Gasteiger partial charge in [0.1, 0.15) is 5.82 Å². The van der Waals surface area contributed by atoms with Crippen LogP contribution in [0.25, 0.3) is 0 Å². The number of hydrogen-bond donors (Lipinski definition) is 2. The monoisotopic (exact) mass is 445 g/mol. The van der Waals surface area contributed by atoms with Crippen LogP contribution in [0.15, 0.2) is 82.8 Å². The first-order valence-corrected chi connectivity index (χ1v) is 10.6. The highest BCUT2D eigenvalue weighted by Crippen LogP contribution is 2.24. The Balaban J connectivity index is 1.77. The minimum absolute atomic E-state index is 0.102. The molecule has 0 aliphatic carbocycles. The van der Waals surface area contributed by atoms with Crippen LogP contribution in [0.1, 0.15) is 22.8 Å². The van der Waals surface area contributed by atoms with Crippen LogP contribution in [0, 0.1) is 5.82 Å². The lowest BCUT2D eigenvalue weighted by molar-refractivity contribution is 0.0954. The maximum absolute atomic E-state index is 13.0. The highest BCUT2D eigenvalue weighted by atomic mass is 35.5. The normalized spacial score (nSPS) is 11.8. The average molecular weight is 446 g/mol. The van der Waals surface area contributed by atoms with Crippen molar-refractivity contribution >= 4 is 38.9 Å². The number of halogens is 2. The maximum Gasteiger partial charge on any atom is 0.271 e. The fraction of sp³-hybridized carbons (Fsp3) is 0.0476. The van der Waals surface area contributed by atoms with Crippen LogP contribution in [0.5, 0.6) is 0 Å². The molecule has 0 saturated heterocycles. The van der Waals surface area contributed by atoms with E-state index >= 15 is 0 Å². The van der Waals surface area contributed by atoms with Crippen LogP contribution >= 0.6 is 11.6 Å². The molecule has 3 aromatic carbocycles. The van der Waals surface area contributed by atoms with Gasteiger partial charge in [0.2, 0.25) is 0 Å². The van der Waals surface area contributed by atoms with E-state index in [1.165, 1.54) is 54.6 Å².